The Bertz CT molecular complexity index is 111. The van der Waals surface area contributed by atoms with Crippen molar-refractivity contribution in [3.63, 3.8) is 0 Å². The highest BCUT2D eigenvalue weighted by atomic mass is 35.5. The molecule has 0 aliphatic carbocycles. The second kappa shape index (κ2) is 5.53. The van der Waals surface area contributed by atoms with Crippen LogP contribution >= 0.6 is 11.6 Å². The highest BCUT2D eigenvalue weighted by Crippen LogP contribution is 1.85. The van der Waals surface area contributed by atoms with E-state index in [9.17, 15) is 0 Å². The third kappa shape index (κ3) is 3.93. The van der Waals surface area contributed by atoms with Crippen LogP contribution < -0.4 is 11.3 Å². The Balaban J connectivity index is 3.66. The molecule has 0 rings (SSSR count). The second-order valence-electron chi connectivity index (χ2n) is 1.27. The largest absolute Gasteiger partial charge is 0.310 e. The van der Waals surface area contributed by atoms with Crippen LogP contribution in [0, 0.1) is 0 Å². The quantitative estimate of drug-likeness (QED) is 0.196. The molecule has 0 heterocycles. The van der Waals surface area contributed by atoms with Gasteiger partial charge in [0.15, 0.2) is 0 Å². The summed E-state index contributed by atoms with van der Waals surface area (Å²) in [5.74, 6) is 6.03. The number of nitrogens with one attached hydrogen (secondary N) is 1. The first-order valence-corrected chi connectivity index (χ1v) is 2.93. The van der Waals surface area contributed by atoms with Crippen molar-refractivity contribution < 1.29 is 0 Å². The van der Waals surface area contributed by atoms with Crippen molar-refractivity contribution in [1.82, 2.24) is 5.43 Å². The van der Waals surface area contributed by atoms with E-state index in [0.717, 1.165) is 0 Å². The van der Waals surface area contributed by atoms with Gasteiger partial charge in [0, 0.05) is 19.0 Å². The van der Waals surface area contributed by atoms with Gasteiger partial charge in [-0.15, -0.1) is 16.7 Å². The summed E-state index contributed by atoms with van der Waals surface area (Å²) in [4.78, 5) is 0. The number of nitrogens with two attached hydrogens (primary N) is 1. The first-order chi connectivity index (χ1) is 4.35. The Morgan fingerprint density at radius 3 is 2.78 bits per heavy atom. The van der Waals surface area contributed by atoms with E-state index in [1.54, 1.807) is 0 Å². The molecule has 0 amide bonds. The molecule has 0 fully saturated rings. The zero-order valence-corrected chi connectivity index (χ0v) is 5.73. The number of hydrogen-bond acceptors (Lipinski definition) is 3. The van der Waals surface area contributed by atoms with E-state index in [1.165, 1.54) is 0 Å². The van der Waals surface area contributed by atoms with Gasteiger partial charge in [0.1, 0.15) is 5.84 Å². The van der Waals surface area contributed by atoms with E-state index in [4.69, 9.17) is 17.4 Å². The van der Waals surface area contributed by atoms with Crippen LogP contribution in [0.2, 0.25) is 0 Å². The summed E-state index contributed by atoms with van der Waals surface area (Å²) in [6.45, 7) is 3.15. The van der Waals surface area contributed by atoms with Crippen molar-refractivity contribution in [3.05, 3.63) is 0 Å². The lowest BCUT2D eigenvalue weighted by Crippen LogP contribution is -2.30. The number of rotatable bonds is 3. The van der Waals surface area contributed by atoms with E-state index >= 15 is 0 Å². The van der Waals surface area contributed by atoms with Gasteiger partial charge in [-0.25, -0.2) is 5.84 Å². The minimum atomic E-state index is 0.471. The molecule has 0 aromatic carbocycles. The Morgan fingerprint density at radius 2 is 2.44 bits per heavy atom. The average molecular weight is 149 g/mol. The maximum atomic E-state index is 5.37. The lowest BCUT2D eigenvalue weighted by Gasteiger charge is -1.97. The maximum absolute atomic E-state index is 5.37. The smallest absolute Gasteiger partial charge is 0.140 e. The lowest BCUT2D eigenvalue weighted by molar-refractivity contribution is 0.962. The molecule has 4 nitrogen and oxygen atoms in total. The van der Waals surface area contributed by atoms with Gasteiger partial charge in [-0.1, -0.05) is 0 Å². The minimum Gasteiger partial charge on any atom is -0.310 e. The summed E-state index contributed by atoms with van der Waals surface area (Å²) in [5, 5.41) is 6.80. The minimum absolute atomic E-state index is 0.471. The zero-order valence-electron chi connectivity index (χ0n) is 4.97. The van der Waals surface area contributed by atoms with Crippen molar-refractivity contribution in [2.75, 3.05) is 5.88 Å². The molecule has 0 spiro atoms. The summed E-state index contributed by atoms with van der Waals surface area (Å²) in [7, 11) is 0. The topological polar surface area (TPSA) is 62.8 Å². The van der Waals surface area contributed by atoms with Gasteiger partial charge in [-0.2, -0.15) is 5.10 Å². The fraction of sp³-hybridized carbons (Fsp3) is 0.500. The first kappa shape index (κ1) is 8.39. The SMILES string of the molecule is C=N/N=C(/CCCl)NN. The summed E-state index contributed by atoms with van der Waals surface area (Å²) in [6.07, 6.45) is 0.580. The van der Waals surface area contributed by atoms with E-state index in [1.807, 2.05) is 0 Å². The third-order valence-electron chi connectivity index (χ3n) is 0.689. The van der Waals surface area contributed by atoms with Crippen LogP contribution in [0.1, 0.15) is 6.42 Å². The number of halogens is 1. The summed E-state index contributed by atoms with van der Waals surface area (Å²) >= 11 is 5.37. The fourth-order valence-corrected chi connectivity index (χ4v) is 0.505. The van der Waals surface area contributed by atoms with Gasteiger partial charge in [-0.05, 0) is 0 Å². The van der Waals surface area contributed by atoms with Gasteiger partial charge in [0.05, 0.1) is 0 Å². The van der Waals surface area contributed by atoms with Gasteiger partial charge in [0.2, 0.25) is 0 Å². The van der Waals surface area contributed by atoms with Gasteiger partial charge >= 0.3 is 0 Å². The molecule has 0 atom stereocenters. The molecule has 0 saturated carbocycles. The number of alkyl halides is 1. The number of hydrazine groups is 1. The van der Waals surface area contributed by atoms with E-state index in [-0.39, 0.29) is 0 Å². The highest BCUT2D eigenvalue weighted by Gasteiger charge is 1.91. The molecule has 0 aromatic heterocycles. The number of amidine groups is 1. The zero-order chi connectivity index (χ0) is 7.11. The second-order valence-corrected chi connectivity index (χ2v) is 1.65. The van der Waals surface area contributed by atoms with E-state index < -0.39 is 0 Å². The Hall–Kier alpha value is -0.610. The van der Waals surface area contributed by atoms with Crippen molar-refractivity contribution in [1.29, 1.82) is 0 Å². The molecule has 0 aliphatic heterocycles. The van der Waals surface area contributed by atoms with Crippen molar-refractivity contribution >= 4 is 24.2 Å². The van der Waals surface area contributed by atoms with Crippen molar-refractivity contribution in [3.8, 4) is 0 Å². The molecule has 0 aliphatic rings. The molecule has 5 heteroatoms. The lowest BCUT2D eigenvalue weighted by atomic mass is 10.4. The van der Waals surface area contributed by atoms with E-state index in [2.05, 4.69) is 22.3 Å². The van der Waals surface area contributed by atoms with Crippen LogP contribution in [0.4, 0.5) is 0 Å². The number of hydrogen-bond donors (Lipinski definition) is 2. The molecular formula is C4H9ClN4. The van der Waals surface area contributed by atoms with Crippen molar-refractivity contribution in [2.24, 2.45) is 16.0 Å². The molecule has 52 valence electrons. The van der Waals surface area contributed by atoms with Crippen LogP contribution in [0.3, 0.4) is 0 Å². The molecule has 0 radical (unpaired) electrons. The average Bonchev–Trinajstić information content (AvgIpc) is 1.88. The van der Waals surface area contributed by atoms with Crippen LogP contribution in [0.15, 0.2) is 10.2 Å². The normalized spacial score (nSPS) is 11.1. The molecule has 0 bridgehead atoms. The summed E-state index contributed by atoms with van der Waals surface area (Å²) in [5.41, 5.74) is 2.34. The summed E-state index contributed by atoms with van der Waals surface area (Å²) in [6, 6.07) is 0. The Kier molecular flexibility index (Phi) is 5.15. The van der Waals surface area contributed by atoms with Crippen molar-refractivity contribution in [2.45, 2.75) is 6.42 Å². The Labute approximate surface area is 58.8 Å². The molecule has 0 aromatic rings. The number of nitrogens with zero attached hydrogens (tertiary/aromatic N) is 2. The predicted molar refractivity (Wildman–Crippen MR) is 39.6 cm³/mol. The maximum Gasteiger partial charge on any atom is 0.140 e. The van der Waals surface area contributed by atoms with Crippen LogP contribution in [-0.4, -0.2) is 18.4 Å². The fourth-order valence-electron chi connectivity index (χ4n) is 0.326. The monoisotopic (exact) mass is 148 g/mol. The van der Waals surface area contributed by atoms with E-state index in [0.29, 0.717) is 18.1 Å². The van der Waals surface area contributed by atoms with Crippen LogP contribution in [0.5, 0.6) is 0 Å². The molecule has 3 N–H and O–H groups in total. The van der Waals surface area contributed by atoms with Gasteiger partial charge < -0.3 is 5.43 Å². The highest BCUT2D eigenvalue weighted by molar-refractivity contribution is 6.19. The van der Waals surface area contributed by atoms with Gasteiger partial charge in [-0.3, -0.25) is 0 Å². The van der Waals surface area contributed by atoms with Crippen LogP contribution in [0.25, 0.3) is 0 Å². The molecule has 0 unspecified atom stereocenters. The van der Waals surface area contributed by atoms with Gasteiger partial charge in [0.25, 0.3) is 0 Å². The standard InChI is InChI=1S/C4H9ClN4/c1-7-9-4(8-6)2-3-5/h1-3,6H2,(H,8,9). The summed E-state index contributed by atoms with van der Waals surface area (Å²) < 4.78 is 0. The first-order valence-electron chi connectivity index (χ1n) is 2.40. The predicted octanol–water partition coefficient (Wildman–Crippen LogP) is 0.0927. The Morgan fingerprint density at radius 1 is 1.78 bits per heavy atom. The molecule has 0 saturated heterocycles. The third-order valence-corrected chi connectivity index (χ3v) is 0.878. The molecule has 9 heavy (non-hydrogen) atoms. The van der Waals surface area contributed by atoms with Crippen LogP contribution in [-0.2, 0) is 0 Å². The molecular weight excluding hydrogens is 140 g/mol.